The molecule has 0 atom stereocenters. The standard InChI is InChI=1S/C27H36N4O2/c1-29(21-27-28-15-19-31(27)24-8-10-25(32-2)11-9-24)20-22-12-16-30(17-13-22)18-14-23-6-4-5-7-26(23)33-3/h4-11,15,19,22H,12-14,16-18,20-21H2,1-3H3. The molecule has 0 spiro atoms. The van der Waals surface area contributed by atoms with Crippen LogP contribution in [0.2, 0.25) is 0 Å². The number of ether oxygens (including phenoxy) is 2. The number of likely N-dealkylation sites (tertiary alicyclic amines) is 1. The molecule has 1 fully saturated rings. The first kappa shape index (κ1) is 23.3. The van der Waals surface area contributed by atoms with E-state index in [1.807, 2.05) is 30.6 Å². The van der Waals surface area contributed by atoms with Gasteiger partial charge in [0, 0.05) is 31.2 Å². The first-order valence-corrected chi connectivity index (χ1v) is 11.9. The summed E-state index contributed by atoms with van der Waals surface area (Å²) in [5.41, 5.74) is 2.41. The Labute approximate surface area is 197 Å². The minimum Gasteiger partial charge on any atom is -0.497 e. The van der Waals surface area contributed by atoms with E-state index in [0.717, 1.165) is 55.0 Å². The molecule has 2 aromatic carbocycles. The van der Waals surface area contributed by atoms with Crippen molar-refractivity contribution >= 4 is 0 Å². The summed E-state index contributed by atoms with van der Waals surface area (Å²) in [5.74, 6) is 3.67. The van der Waals surface area contributed by atoms with E-state index >= 15 is 0 Å². The molecule has 6 nitrogen and oxygen atoms in total. The third kappa shape index (κ3) is 6.15. The molecule has 33 heavy (non-hydrogen) atoms. The van der Waals surface area contributed by atoms with Gasteiger partial charge < -0.3 is 18.9 Å². The molecule has 1 saturated heterocycles. The molecule has 176 valence electrons. The minimum atomic E-state index is 0.738. The molecule has 1 aliphatic rings. The maximum Gasteiger partial charge on any atom is 0.127 e. The molecule has 0 saturated carbocycles. The molecule has 1 aromatic heterocycles. The zero-order valence-electron chi connectivity index (χ0n) is 20.1. The molecule has 3 aromatic rings. The highest BCUT2D eigenvalue weighted by Crippen LogP contribution is 2.22. The number of methoxy groups -OCH3 is 2. The molecule has 0 N–H and O–H groups in total. The largest absolute Gasteiger partial charge is 0.497 e. The quantitative estimate of drug-likeness (QED) is 0.463. The number of para-hydroxylation sites is 1. The summed E-state index contributed by atoms with van der Waals surface area (Å²) >= 11 is 0. The van der Waals surface area contributed by atoms with Gasteiger partial charge in [0.2, 0.25) is 0 Å². The van der Waals surface area contributed by atoms with Crippen molar-refractivity contribution in [2.45, 2.75) is 25.8 Å². The van der Waals surface area contributed by atoms with Gasteiger partial charge in [0.15, 0.2) is 0 Å². The van der Waals surface area contributed by atoms with E-state index in [-0.39, 0.29) is 0 Å². The summed E-state index contributed by atoms with van der Waals surface area (Å²) in [6.45, 7) is 5.40. The molecule has 4 rings (SSSR count). The number of piperidine rings is 1. The Morgan fingerprint density at radius 2 is 1.76 bits per heavy atom. The molecule has 6 heteroatoms. The Morgan fingerprint density at radius 3 is 2.48 bits per heavy atom. The van der Waals surface area contributed by atoms with Crippen LogP contribution in [0.25, 0.3) is 5.69 Å². The zero-order chi connectivity index (χ0) is 23.0. The van der Waals surface area contributed by atoms with E-state index in [4.69, 9.17) is 9.47 Å². The van der Waals surface area contributed by atoms with Crippen LogP contribution >= 0.6 is 0 Å². The second-order valence-electron chi connectivity index (χ2n) is 8.96. The lowest BCUT2D eigenvalue weighted by Crippen LogP contribution is -2.38. The van der Waals surface area contributed by atoms with E-state index in [1.54, 1.807) is 14.2 Å². The summed E-state index contributed by atoms with van der Waals surface area (Å²) in [4.78, 5) is 9.63. The van der Waals surface area contributed by atoms with Crippen molar-refractivity contribution in [3.63, 3.8) is 0 Å². The van der Waals surface area contributed by atoms with E-state index in [2.05, 4.69) is 56.7 Å². The summed E-state index contributed by atoms with van der Waals surface area (Å²) in [5, 5.41) is 0. The molecular formula is C27H36N4O2. The van der Waals surface area contributed by atoms with Gasteiger partial charge in [-0.2, -0.15) is 0 Å². The van der Waals surface area contributed by atoms with Gasteiger partial charge in [-0.1, -0.05) is 18.2 Å². The zero-order valence-corrected chi connectivity index (χ0v) is 20.1. The van der Waals surface area contributed by atoms with Gasteiger partial charge in [0.1, 0.15) is 17.3 Å². The molecule has 0 unspecified atom stereocenters. The summed E-state index contributed by atoms with van der Waals surface area (Å²) in [7, 11) is 5.66. The number of aromatic nitrogens is 2. The van der Waals surface area contributed by atoms with Crippen molar-refractivity contribution in [1.82, 2.24) is 19.4 Å². The number of benzene rings is 2. The maximum absolute atomic E-state index is 5.50. The van der Waals surface area contributed by atoms with Crippen molar-refractivity contribution in [2.24, 2.45) is 5.92 Å². The van der Waals surface area contributed by atoms with Crippen LogP contribution in [0.5, 0.6) is 11.5 Å². The molecule has 0 bridgehead atoms. The van der Waals surface area contributed by atoms with Gasteiger partial charge in [-0.3, -0.25) is 4.90 Å². The molecule has 0 radical (unpaired) electrons. The normalized spacial score (nSPS) is 15.2. The monoisotopic (exact) mass is 448 g/mol. The van der Waals surface area contributed by atoms with Crippen LogP contribution in [-0.4, -0.2) is 66.8 Å². The second-order valence-corrected chi connectivity index (χ2v) is 8.96. The fourth-order valence-electron chi connectivity index (χ4n) is 4.76. The van der Waals surface area contributed by atoms with Crippen LogP contribution in [0.3, 0.4) is 0 Å². The number of hydrogen-bond donors (Lipinski definition) is 0. The lowest BCUT2D eigenvalue weighted by atomic mass is 9.96. The second kappa shape index (κ2) is 11.3. The maximum atomic E-state index is 5.50. The molecule has 1 aliphatic heterocycles. The topological polar surface area (TPSA) is 42.8 Å². The SMILES string of the molecule is COc1ccc(-n2ccnc2CN(C)CC2CCN(CCc3ccccc3OC)CC2)cc1. The van der Waals surface area contributed by atoms with Crippen LogP contribution in [0, 0.1) is 5.92 Å². The van der Waals surface area contributed by atoms with Crippen LogP contribution in [0.4, 0.5) is 0 Å². The van der Waals surface area contributed by atoms with Crippen LogP contribution < -0.4 is 9.47 Å². The van der Waals surface area contributed by atoms with Crippen molar-refractivity contribution in [3.05, 3.63) is 72.3 Å². The third-order valence-corrected chi connectivity index (χ3v) is 6.65. The molecule has 2 heterocycles. The number of nitrogens with zero attached hydrogens (tertiary/aromatic N) is 4. The lowest BCUT2D eigenvalue weighted by molar-refractivity contribution is 0.152. The Kier molecular flexibility index (Phi) is 8.02. The highest BCUT2D eigenvalue weighted by Gasteiger charge is 2.21. The Balaban J connectivity index is 1.24. The van der Waals surface area contributed by atoms with Crippen LogP contribution in [0.15, 0.2) is 60.9 Å². The van der Waals surface area contributed by atoms with Gasteiger partial charge in [-0.05, 0) is 81.2 Å². The summed E-state index contributed by atoms with van der Waals surface area (Å²) < 4.78 is 12.9. The predicted molar refractivity (Wildman–Crippen MR) is 132 cm³/mol. The molecule has 0 amide bonds. The van der Waals surface area contributed by atoms with Gasteiger partial charge in [0.05, 0.1) is 20.8 Å². The predicted octanol–water partition coefficient (Wildman–Crippen LogP) is 4.28. The van der Waals surface area contributed by atoms with Crippen molar-refractivity contribution < 1.29 is 9.47 Å². The van der Waals surface area contributed by atoms with Gasteiger partial charge in [-0.15, -0.1) is 0 Å². The fraction of sp³-hybridized carbons (Fsp3) is 0.444. The summed E-state index contributed by atoms with van der Waals surface area (Å²) in [6, 6.07) is 16.5. The fourth-order valence-corrected chi connectivity index (χ4v) is 4.76. The smallest absolute Gasteiger partial charge is 0.127 e. The van der Waals surface area contributed by atoms with Gasteiger partial charge >= 0.3 is 0 Å². The number of hydrogen-bond acceptors (Lipinski definition) is 5. The van der Waals surface area contributed by atoms with E-state index < -0.39 is 0 Å². The lowest BCUT2D eigenvalue weighted by Gasteiger charge is -2.34. The van der Waals surface area contributed by atoms with Crippen molar-refractivity contribution in [2.75, 3.05) is 47.4 Å². The first-order valence-electron chi connectivity index (χ1n) is 11.9. The highest BCUT2D eigenvalue weighted by molar-refractivity contribution is 5.38. The minimum absolute atomic E-state index is 0.738. The van der Waals surface area contributed by atoms with E-state index in [1.165, 1.54) is 31.5 Å². The van der Waals surface area contributed by atoms with Crippen molar-refractivity contribution in [3.8, 4) is 17.2 Å². The number of rotatable bonds is 10. The Hall–Kier alpha value is -2.83. The van der Waals surface area contributed by atoms with Crippen LogP contribution in [-0.2, 0) is 13.0 Å². The first-order chi connectivity index (χ1) is 16.2. The average Bonchev–Trinajstić information content (AvgIpc) is 3.31. The van der Waals surface area contributed by atoms with E-state index in [9.17, 15) is 0 Å². The average molecular weight is 449 g/mol. The molecule has 0 aliphatic carbocycles. The highest BCUT2D eigenvalue weighted by atomic mass is 16.5. The third-order valence-electron chi connectivity index (χ3n) is 6.65. The van der Waals surface area contributed by atoms with Gasteiger partial charge in [-0.25, -0.2) is 4.98 Å². The van der Waals surface area contributed by atoms with Crippen LogP contribution in [0.1, 0.15) is 24.2 Å². The Bertz CT molecular complexity index is 993. The molecular weight excluding hydrogens is 412 g/mol. The number of imidazole rings is 1. The van der Waals surface area contributed by atoms with Gasteiger partial charge in [0.25, 0.3) is 0 Å². The van der Waals surface area contributed by atoms with E-state index in [0.29, 0.717) is 0 Å². The Morgan fingerprint density at radius 1 is 1.00 bits per heavy atom. The summed E-state index contributed by atoms with van der Waals surface area (Å²) in [6.07, 6.45) is 7.47. The van der Waals surface area contributed by atoms with Crippen molar-refractivity contribution in [1.29, 1.82) is 0 Å².